The van der Waals surface area contributed by atoms with Gasteiger partial charge in [0.15, 0.2) is 0 Å². The number of carbonyl (C=O) groups is 1. The lowest BCUT2D eigenvalue weighted by atomic mass is 9.93. The fourth-order valence-corrected chi connectivity index (χ4v) is 3.67. The van der Waals surface area contributed by atoms with Crippen LogP contribution in [0.2, 0.25) is 0 Å². The fraction of sp³-hybridized carbons (Fsp3) is 0.812. The molecule has 1 aromatic heterocycles. The van der Waals surface area contributed by atoms with Crippen molar-refractivity contribution in [2.75, 3.05) is 18.4 Å². The molecule has 9 heteroatoms. The number of piperidine rings is 1. The standard InChI is InChI=1S/C16H21F3N4O2/c1-9(13(24)23-6-4-15(2-3-15)5-7-23)20-14-22-21-12(25-14)10-8-11(10)16(17,18)19/h9-11H,2-8H2,1H3,(H,20,22)/t9-,10+,11-/m0/s1. The van der Waals surface area contributed by atoms with Crippen molar-refractivity contribution in [2.45, 2.75) is 57.2 Å². The van der Waals surface area contributed by atoms with Crippen LogP contribution < -0.4 is 5.32 Å². The molecule has 1 amide bonds. The number of halogens is 3. The zero-order valence-electron chi connectivity index (χ0n) is 14.0. The Hall–Kier alpha value is -1.80. The van der Waals surface area contributed by atoms with Gasteiger partial charge in [0.25, 0.3) is 0 Å². The Balaban J connectivity index is 1.31. The molecule has 3 atom stereocenters. The van der Waals surface area contributed by atoms with E-state index in [0.29, 0.717) is 5.41 Å². The van der Waals surface area contributed by atoms with Crippen LogP contribution in [0.3, 0.4) is 0 Å². The van der Waals surface area contributed by atoms with Crippen molar-refractivity contribution in [1.29, 1.82) is 0 Å². The number of rotatable bonds is 4. The Morgan fingerprint density at radius 1 is 1.28 bits per heavy atom. The molecule has 6 nitrogen and oxygen atoms in total. The summed E-state index contributed by atoms with van der Waals surface area (Å²) in [5.74, 6) is -2.22. The SMILES string of the molecule is C[C@H](Nc1nnc([C@@H]2C[C@@H]2C(F)(F)F)o1)C(=O)N1CCC2(CC1)CC2. The molecule has 25 heavy (non-hydrogen) atoms. The lowest BCUT2D eigenvalue weighted by Crippen LogP contribution is -2.45. The van der Waals surface area contributed by atoms with Gasteiger partial charge in [-0.1, -0.05) is 5.10 Å². The molecule has 2 saturated carbocycles. The first-order valence-electron chi connectivity index (χ1n) is 8.73. The first-order chi connectivity index (χ1) is 11.8. The minimum atomic E-state index is -4.23. The van der Waals surface area contributed by atoms with Crippen LogP contribution in [0, 0.1) is 11.3 Å². The van der Waals surface area contributed by atoms with Gasteiger partial charge in [-0.3, -0.25) is 4.79 Å². The number of carbonyl (C=O) groups excluding carboxylic acids is 1. The van der Waals surface area contributed by atoms with Gasteiger partial charge in [0.05, 0.1) is 5.92 Å². The van der Waals surface area contributed by atoms with E-state index in [2.05, 4.69) is 15.5 Å². The minimum absolute atomic E-state index is 0.000605. The lowest BCUT2D eigenvalue weighted by Gasteiger charge is -2.33. The second-order valence-electron chi connectivity index (χ2n) is 7.63. The van der Waals surface area contributed by atoms with Gasteiger partial charge in [-0.25, -0.2) is 0 Å². The molecule has 1 aliphatic heterocycles. The second-order valence-corrected chi connectivity index (χ2v) is 7.63. The van der Waals surface area contributed by atoms with Crippen molar-refractivity contribution >= 4 is 11.9 Å². The molecule has 2 heterocycles. The van der Waals surface area contributed by atoms with Crippen molar-refractivity contribution in [3.05, 3.63) is 5.89 Å². The fourth-order valence-electron chi connectivity index (χ4n) is 3.67. The van der Waals surface area contributed by atoms with Gasteiger partial charge in [-0.15, -0.1) is 5.10 Å². The molecule has 0 unspecified atom stereocenters. The molecule has 1 spiro atoms. The topological polar surface area (TPSA) is 71.3 Å². The average molecular weight is 358 g/mol. The summed E-state index contributed by atoms with van der Waals surface area (Å²) in [4.78, 5) is 14.3. The molecule has 3 aliphatic rings. The second kappa shape index (κ2) is 5.60. The number of nitrogens with one attached hydrogen (secondary N) is 1. The van der Waals surface area contributed by atoms with E-state index >= 15 is 0 Å². The summed E-state index contributed by atoms with van der Waals surface area (Å²) >= 11 is 0. The summed E-state index contributed by atoms with van der Waals surface area (Å²) in [5.41, 5.74) is 0.494. The molecule has 1 aromatic rings. The summed E-state index contributed by atoms with van der Waals surface area (Å²) in [6.07, 6.45) is 0.396. The highest BCUT2D eigenvalue weighted by Gasteiger charge is 2.58. The zero-order chi connectivity index (χ0) is 17.8. The van der Waals surface area contributed by atoms with Crippen molar-refractivity contribution in [3.8, 4) is 0 Å². The number of amides is 1. The first kappa shape index (κ1) is 16.7. The summed E-state index contributed by atoms with van der Waals surface area (Å²) in [7, 11) is 0. The van der Waals surface area contributed by atoms with E-state index in [4.69, 9.17) is 4.42 Å². The van der Waals surface area contributed by atoms with E-state index in [9.17, 15) is 18.0 Å². The van der Waals surface area contributed by atoms with E-state index in [-0.39, 0.29) is 24.2 Å². The third-order valence-corrected chi connectivity index (χ3v) is 5.77. The van der Waals surface area contributed by atoms with Gasteiger partial charge in [-0.2, -0.15) is 13.2 Å². The van der Waals surface area contributed by atoms with Crippen LogP contribution >= 0.6 is 0 Å². The molecule has 1 N–H and O–H groups in total. The van der Waals surface area contributed by atoms with Gasteiger partial charge in [0.1, 0.15) is 6.04 Å². The number of hydrogen-bond acceptors (Lipinski definition) is 5. The number of anilines is 1. The number of likely N-dealkylation sites (tertiary alicyclic amines) is 1. The Morgan fingerprint density at radius 2 is 1.96 bits per heavy atom. The minimum Gasteiger partial charge on any atom is -0.408 e. The smallest absolute Gasteiger partial charge is 0.392 e. The molecule has 4 rings (SSSR count). The van der Waals surface area contributed by atoms with Gasteiger partial charge >= 0.3 is 12.2 Å². The molecular formula is C16H21F3N4O2. The van der Waals surface area contributed by atoms with Crippen LogP contribution in [0.4, 0.5) is 19.2 Å². The van der Waals surface area contributed by atoms with Crippen LogP contribution in [0.5, 0.6) is 0 Å². The quantitative estimate of drug-likeness (QED) is 0.896. The summed E-state index contributed by atoms with van der Waals surface area (Å²) in [6, 6.07) is -0.557. The number of nitrogens with zero attached hydrogens (tertiary/aromatic N) is 3. The third-order valence-electron chi connectivity index (χ3n) is 5.77. The molecule has 138 valence electrons. The van der Waals surface area contributed by atoms with E-state index < -0.39 is 24.1 Å². The van der Waals surface area contributed by atoms with Crippen molar-refractivity contribution < 1.29 is 22.4 Å². The van der Waals surface area contributed by atoms with Gasteiger partial charge in [0, 0.05) is 19.0 Å². The van der Waals surface area contributed by atoms with Crippen molar-refractivity contribution in [3.63, 3.8) is 0 Å². The van der Waals surface area contributed by atoms with Gasteiger partial charge < -0.3 is 14.6 Å². The zero-order valence-corrected chi connectivity index (χ0v) is 14.0. The molecule has 3 fully saturated rings. The molecule has 0 radical (unpaired) electrons. The summed E-state index contributed by atoms with van der Waals surface area (Å²) < 4.78 is 43.1. The largest absolute Gasteiger partial charge is 0.408 e. The van der Waals surface area contributed by atoms with Gasteiger partial charge in [0.2, 0.25) is 11.8 Å². The molecule has 0 bridgehead atoms. The highest BCUT2D eigenvalue weighted by molar-refractivity contribution is 5.83. The van der Waals surface area contributed by atoms with Crippen LogP contribution in [0.1, 0.15) is 50.8 Å². The summed E-state index contributed by atoms with van der Waals surface area (Å²) in [6.45, 7) is 3.22. The normalized spacial score (nSPS) is 28.7. The first-order valence-corrected chi connectivity index (χ1v) is 8.73. The van der Waals surface area contributed by atoms with Crippen molar-refractivity contribution in [1.82, 2.24) is 15.1 Å². The third kappa shape index (κ3) is 3.32. The maximum absolute atomic E-state index is 12.6. The maximum Gasteiger partial charge on any atom is 0.392 e. The predicted octanol–water partition coefficient (Wildman–Crippen LogP) is 2.94. The Kier molecular flexibility index (Phi) is 3.73. The van der Waals surface area contributed by atoms with Crippen LogP contribution in [0.15, 0.2) is 4.42 Å². The van der Waals surface area contributed by atoms with E-state index in [1.165, 1.54) is 12.8 Å². The molecule has 1 saturated heterocycles. The highest BCUT2D eigenvalue weighted by atomic mass is 19.4. The molecular weight excluding hydrogens is 337 g/mol. The maximum atomic E-state index is 12.6. The Morgan fingerprint density at radius 3 is 2.52 bits per heavy atom. The number of aromatic nitrogens is 2. The van der Waals surface area contributed by atoms with Crippen LogP contribution in [0.25, 0.3) is 0 Å². The predicted molar refractivity (Wildman–Crippen MR) is 81.8 cm³/mol. The van der Waals surface area contributed by atoms with Gasteiger partial charge in [-0.05, 0) is 44.4 Å². The lowest BCUT2D eigenvalue weighted by molar-refractivity contribution is -0.149. The van der Waals surface area contributed by atoms with Crippen LogP contribution in [-0.2, 0) is 4.79 Å². The van der Waals surface area contributed by atoms with E-state index in [1.54, 1.807) is 6.92 Å². The Bertz CT molecular complexity index is 661. The van der Waals surface area contributed by atoms with E-state index in [0.717, 1.165) is 25.9 Å². The molecule has 2 aliphatic carbocycles. The average Bonchev–Trinajstić information content (AvgIpc) is 3.47. The molecule has 0 aromatic carbocycles. The summed E-state index contributed by atoms with van der Waals surface area (Å²) in [5, 5.41) is 10.2. The number of hydrogen-bond donors (Lipinski definition) is 1. The van der Waals surface area contributed by atoms with Crippen molar-refractivity contribution in [2.24, 2.45) is 11.3 Å². The Labute approximate surface area is 143 Å². The monoisotopic (exact) mass is 358 g/mol. The van der Waals surface area contributed by atoms with E-state index in [1.807, 2.05) is 4.90 Å². The number of alkyl halides is 3. The highest BCUT2D eigenvalue weighted by Crippen LogP contribution is 2.56. The van der Waals surface area contributed by atoms with Crippen LogP contribution in [-0.4, -0.2) is 46.3 Å².